The molecule has 0 aromatic carbocycles. The lowest BCUT2D eigenvalue weighted by molar-refractivity contribution is -0.143. The van der Waals surface area contributed by atoms with Crippen LogP contribution in [-0.2, 0) is 9.59 Å². The Balaban J connectivity index is 2.61. The summed E-state index contributed by atoms with van der Waals surface area (Å²) in [7, 11) is 0. The lowest BCUT2D eigenvalue weighted by Crippen LogP contribution is -2.41. The monoisotopic (exact) mass is 238 g/mol. The number of carbonyl (C=O) groups excluding carboxylic acids is 2. The summed E-state index contributed by atoms with van der Waals surface area (Å²) < 4.78 is 0. The normalized spacial score (nSPS) is 9.76. The van der Waals surface area contributed by atoms with E-state index in [9.17, 15) is 9.59 Å². The Kier molecular flexibility index (Phi) is 5.02. The van der Waals surface area contributed by atoms with Crippen molar-refractivity contribution in [3.8, 4) is 0 Å². The van der Waals surface area contributed by atoms with Gasteiger partial charge in [0.25, 0.3) is 0 Å². The second-order valence-corrected chi connectivity index (χ2v) is 3.13. The molecule has 7 nitrogen and oxygen atoms in total. The van der Waals surface area contributed by atoms with Crippen molar-refractivity contribution >= 4 is 17.8 Å². The van der Waals surface area contributed by atoms with E-state index in [0.29, 0.717) is 6.54 Å². The average Bonchev–Trinajstić information content (AvgIpc) is 2.36. The van der Waals surface area contributed by atoms with E-state index in [1.54, 1.807) is 13.0 Å². The Labute approximate surface area is 98.5 Å². The first-order chi connectivity index (χ1) is 8.19. The number of carbonyl (C=O) groups is 2. The van der Waals surface area contributed by atoms with E-state index < -0.39 is 11.8 Å². The molecule has 1 heterocycles. The minimum Gasteiger partial charge on any atom is -0.395 e. The third-order valence-electron chi connectivity index (χ3n) is 2.02. The number of nitrogens with zero attached hydrogens (tertiary/aromatic N) is 3. The Hall–Kier alpha value is -2.02. The van der Waals surface area contributed by atoms with Gasteiger partial charge in [0, 0.05) is 25.5 Å². The molecule has 0 saturated heterocycles. The van der Waals surface area contributed by atoms with Gasteiger partial charge in [0.2, 0.25) is 5.95 Å². The quantitative estimate of drug-likeness (QED) is 0.673. The van der Waals surface area contributed by atoms with Gasteiger partial charge < -0.3 is 10.0 Å². The summed E-state index contributed by atoms with van der Waals surface area (Å²) in [5.41, 5.74) is 0. The zero-order chi connectivity index (χ0) is 12.7. The highest BCUT2D eigenvalue weighted by Crippen LogP contribution is 1.96. The largest absolute Gasteiger partial charge is 0.395 e. The van der Waals surface area contributed by atoms with Crippen LogP contribution in [0.4, 0.5) is 5.95 Å². The summed E-state index contributed by atoms with van der Waals surface area (Å²) in [5.74, 6) is -1.45. The fraction of sp³-hybridized carbons (Fsp3) is 0.400. The number of amides is 2. The summed E-state index contributed by atoms with van der Waals surface area (Å²) in [6.07, 6.45) is 2.91. The van der Waals surface area contributed by atoms with E-state index in [2.05, 4.69) is 15.3 Å². The highest BCUT2D eigenvalue weighted by Gasteiger charge is 2.20. The van der Waals surface area contributed by atoms with Gasteiger partial charge in [-0.3, -0.25) is 14.9 Å². The van der Waals surface area contributed by atoms with Crippen LogP contribution in [0.1, 0.15) is 6.92 Å². The predicted molar refractivity (Wildman–Crippen MR) is 60.0 cm³/mol. The second kappa shape index (κ2) is 6.54. The molecule has 0 bridgehead atoms. The molecule has 2 amide bonds. The van der Waals surface area contributed by atoms with Crippen LogP contribution >= 0.6 is 0 Å². The van der Waals surface area contributed by atoms with Crippen molar-refractivity contribution in [2.24, 2.45) is 0 Å². The third kappa shape index (κ3) is 3.80. The van der Waals surface area contributed by atoms with Gasteiger partial charge in [0.15, 0.2) is 0 Å². The molecule has 0 fully saturated rings. The Morgan fingerprint density at radius 2 is 2.06 bits per heavy atom. The first-order valence-electron chi connectivity index (χ1n) is 5.17. The number of aromatic nitrogens is 2. The molecule has 0 unspecified atom stereocenters. The van der Waals surface area contributed by atoms with Gasteiger partial charge in [0.05, 0.1) is 6.61 Å². The Morgan fingerprint density at radius 3 is 2.59 bits per heavy atom. The number of aliphatic hydroxyl groups is 1. The van der Waals surface area contributed by atoms with Crippen LogP contribution in [-0.4, -0.2) is 51.5 Å². The van der Waals surface area contributed by atoms with Crippen LogP contribution in [0.15, 0.2) is 18.5 Å². The maximum Gasteiger partial charge on any atom is 0.316 e. The first kappa shape index (κ1) is 13.0. The zero-order valence-corrected chi connectivity index (χ0v) is 9.46. The molecule has 0 aliphatic rings. The van der Waals surface area contributed by atoms with E-state index >= 15 is 0 Å². The van der Waals surface area contributed by atoms with Crippen molar-refractivity contribution in [2.75, 3.05) is 25.0 Å². The molecule has 1 rings (SSSR count). The molecule has 2 N–H and O–H groups in total. The maximum atomic E-state index is 11.6. The molecule has 1 aromatic rings. The van der Waals surface area contributed by atoms with Crippen molar-refractivity contribution in [1.82, 2.24) is 14.9 Å². The second-order valence-electron chi connectivity index (χ2n) is 3.13. The van der Waals surface area contributed by atoms with Crippen molar-refractivity contribution in [3.63, 3.8) is 0 Å². The fourth-order valence-corrected chi connectivity index (χ4v) is 1.19. The Bertz CT molecular complexity index is 382. The van der Waals surface area contributed by atoms with Crippen LogP contribution in [0, 0.1) is 0 Å². The Morgan fingerprint density at radius 1 is 1.41 bits per heavy atom. The number of likely N-dealkylation sites (N-methyl/N-ethyl adjacent to an activating group) is 1. The number of nitrogens with one attached hydrogen (secondary N) is 1. The van der Waals surface area contributed by atoms with Crippen LogP contribution in [0.5, 0.6) is 0 Å². The lowest BCUT2D eigenvalue weighted by Gasteiger charge is -2.18. The predicted octanol–water partition coefficient (Wildman–Crippen LogP) is -0.744. The number of hydrogen-bond acceptors (Lipinski definition) is 5. The van der Waals surface area contributed by atoms with Gasteiger partial charge in [-0.2, -0.15) is 0 Å². The van der Waals surface area contributed by atoms with E-state index in [1.807, 2.05) is 0 Å². The van der Waals surface area contributed by atoms with Gasteiger partial charge in [0.1, 0.15) is 0 Å². The van der Waals surface area contributed by atoms with Gasteiger partial charge in [-0.25, -0.2) is 9.97 Å². The summed E-state index contributed by atoms with van der Waals surface area (Å²) in [5, 5.41) is 11.0. The van der Waals surface area contributed by atoms with Crippen LogP contribution in [0.25, 0.3) is 0 Å². The molecule has 0 aliphatic heterocycles. The van der Waals surface area contributed by atoms with Crippen LogP contribution in [0.2, 0.25) is 0 Å². The molecule has 0 saturated carbocycles. The maximum absolute atomic E-state index is 11.6. The molecule has 17 heavy (non-hydrogen) atoms. The van der Waals surface area contributed by atoms with Crippen molar-refractivity contribution in [2.45, 2.75) is 6.92 Å². The highest BCUT2D eigenvalue weighted by atomic mass is 16.3. The standard InChI is InChI=1S/C10H14N4O3/c1-2-14(6-7-15)9(17)8(16)13-10-11-4-3-5-12-10/h3-5,15H,2,6-7H2,1H3,(H,11,12,13,16). The smallest absolute Gasteiger partial charge is 0.316 e. The molecule has 0 radical (unpaired) electrons. The van der Waals surface area contributed by atoms with Gasteiger partial charge >= 0.3 is 11.8 Å². The van der Waals surface area contributed by atoms with E-state index in [0.717, 1.165) is 0 Å². The topological polar surface area (TPSA) is 95.4 Å². The van der Waals surface area contributed by atoms with Crippen LogP contribution in [0.3, 0.4) is 0 Å². The SMILES string of the molecule is CCN(CCO)C(=O)C(=O)Nc1ncccn1. The molecule has 0 aliphatic carbocycles. The van der Waals surface area contributed by atoms with Crippen molar-refractivity contribution < 1.29 is 14.7 Å². The minimum absolute atomic E-state index is 0.0749. The molecular formula is C10H14N4O3. The molecule has 92 valence electrons. The summed E-state index contributed by atoms with van der Waals surface area (Å²) >= 11 is 0. The summed E-state index contributed by atoms with van der Waals surface area (Å²) in [6, 6.07) is 1.60. The number of aliphatic hydroxyl groups excluding tert-OH is 1. The summed E-state index contributed by atoms with van der Waals surface area (Å²) in [4.78, 5) is 31.9. The molecule has 0 spiro atoms. The highest BCUT2D eigenvalue weighted by molar-refractivity contribution is 6.39. The first-order valence-corrected chi connectivity index (χ1v) is 5.17. The molecular weight excluding hydrogens is 224 g/mol. The minimum atomic E-state index is -0.813. The molecule has 0 atom stereocenters. The van der Waals surface area contributed by atoms with Gasteiger partial charge in [-0.1, -0.05) is 0 Å². The molecule has 7 heteroatoms. The van der Waals surface area contributed by atoms with E-state index in [1.165, 1.54) is 17.3 Å². The molecule has 1 aromatic heterocycles. The summed E-state index contributed by atoms with van der Waals surface area (Å²) in [6.45, 7) is 2.01. The van der Waals surface area contributed by atoms with Gasteiger partial charge in [-0.15, -0.1) is 0 Å². The third-order valence-corrected chi connectivity index (χ3v) is 2.02. The number of rotatable bonds is 4. The van der Waals surface area contributed by atoms with Crippen molar-refractivity contribution in [3.05, 3.63) is 18.5 Å². The lowest BCUT2D eigenvalue weighted by atomic mass is 10.4. The average molecular weight is 238 g/mol. The van der Waals surface area contributed by atoms with E-state index in [4.69, 9.17) is 5.11 Å². The van der Waals surface area contributed by atoms with Crippen molar-refractivity contribution in [1.29, 1.82) is 0 Å². The van der Waals surface area contributed by atoms with E-state index in [-0.39, 0.29) is 19.1 Å². The number of hydrogen-bond donors (Lipinski definition) is 2. The fourth-order valence-electron chi connectivity index (χ4n) is 1.19. The zero-order valence-electron chi connectivity index (χ0n) is 9.46. The number of anilines is 1. The van der Waals surface area contributed by atoms with Gasteiger partial charge in [-0.05, 0) is 13.0 Å². The van der Waals surface area contributed by atoms with Crippen LogP contribution < -0.4 is 5.32 Å².